The van der Waals surface area contributed by atoms with Gasteiger partial charge in [-0.05, 0) is 107 Å². The molecule has 0 saturated heterocycles. The number of aryl methyl sites for hydroxylation is 2. The Morgan fingerprint density at radius 1 is 0.639 bits per heavy atom. The van der Waals surface area contributed by atoms with E-state index in [1.807, 2.05) is 88.3 Å². The van der Waals surface area contributed by atoms with Crippen LogP contribution < -0.4 is 19.5 Å². The number of ether oxygens (including phenoxy) is 3. The first-order chi connectivity index (χ1) is 16.1. The first kappa shape index (κ1) is 30.2. The average Bonchev–Trinajstić information content (AvgIpc) is 2.59. The van der Waals surface area contributed by atoms with E-state index < -0.39 is 11.2 Å². The maximum absolute atomic E-state index is 13.8. The van der Waals surface area contributed by atoms with Crippen LogP contribution in [0.2, 0.25) is 0 Å². The maximum atomic E-state index is 13.8. The van der Waals surface area contributed by atoms with Gasteiger partial charge in [0.15, 0.2) is 5.52 Å². The van der Waals surface area contributed by atoms with Crippen molar-refractivity contribution >= 4 is 19.4 Å². The minimum absolute atomic E-state index is 0.0176. The molecule has 4 nitrogen and oxygen atoms in total. The van der Waals surface area contributed by atoms with Crippen LogP contribution in [-0.4, -0.2) is 22.3 Å². The fraction of sp³-hybridized carbons (Fsp3) is 0.581. The van der Waals surface area contributed by atoms with E-state index in [0.717, 1.165) is 22.0 Å². The summed E-state index contributed by atoms with van der Waals surface area (Å²) in [5, 5.41) is 0.768. The van der Waals surface area contributed by atoms with E-state index in [1.54, 1.807) is 0 Å². The highest BCUT2D eigenvalue weighted by atomic mass is 31.1. The van der Waals surface area contributed by atoms with Crippen LogP contribution in [0.4, 0.5) is 0 Å². The van der Waals surface area contributed by atoms with Crippen molar-refractivity contribution in [1.29, 1.82) is 0 Å². The summed E-state index contributed by atoms with van der Waals surface area (Å²) < 4.78 is 19.0. The summed E-state index contributed by atoms with van der Waals surface area (Å²) in [6, 6.07) is 8.07. The molecule has 2 aromatic rings. The summed E-state index contributed by atoms with van der Waals surface area (Å²) in [5.74, 6) is 1.90. The van der Waals surface area contributed by atoms with E-state index in [0.29, 0.717) is 17.2 Å². The summed E-state index contributed by atoms with van der Waals surface area (Å²) in [6.07, 6.45) is 0. The van der Waals surface area contributed by atoms with Gasteiger partial charge in [0.25, 0.3) is 0 Å². The van der Waals surface area contributed by atoms with Crippen molar-refractivity contribution in [2.24, 2.45) is 0 Å². The predicted molar refractivity (Wildman–Crippen MR) is 154 cm³/mol. The van der Waals surface area contributed by atoms with Crippen molar-refractivity contribution in [3.63, 3.8) is 0 Å². The van der Waals surface area contributed by atoms with Crippen LogP contribution in [0.25, 0.3) is 0 Å². The number of carbonyl (C=O) groups is 1. The molecule has 1 atom stereocenters. The number of rotatable bonds is 6. The summed E-state index contributed by atoms with van der Waals surface area (Å²) in [6.45, 7) is 28.7. The highest BCUT2D eigenvalue weighted by molar-refractivity contribution is 7.66. The van der Waals surface area contributed by atoms with E-state index in [-0.39, 0.29) is 25.1 Å². The molecule has 0 heterocycles. The topological polar surface area (TPSA) is 44.8 Å². The Kier molecular flexibility index (Phi) is 8.68. The molecule has 2 aromatic carbocycles. The van der Waals surface area contributed by atoms with Gasteiger partial charge in [-0.1, -0.05) is 32.9 Å². The first-order valence-corrected chi connectivity index (χ1v) is 13.7. The molecule has 0 aliphatic carbocycles. The Balaban J connectivity index is 2.68. The van der Waals surface area contributed by atoms with Crippen LogP contribution in [-0.2, 0) is 5.41 Å². The molecular formula is C31H47O4P. The lowest BCUT2D eigenvalue weighted by atomic mass is 9.84. The zero-order chi connectivity index (χ0) is 27.9. The summed E-state index contributed by atoms with van der Waals surface area (Å²) in [4.78, 5) is 13.8. The fourth-order valence-corrected chi connectivity index (χ4v) is 5.09. The normalized spacial score (nSPS) is 13.3. The molecule has 5 heteroatoms. The minimum Gasteiger partial charge on any atom is -0.488 e. The van der Waals surface area contributed by atoms with Crippen LogP contribution in [0.5, 0.6) is 17.2 Å². The highest BCUT2D eigenvalue weighted by Gasteiger charge is 2.27. The molecule has 0 amide bonds. The van der Waals surface area contributed by atoms with Gasteiger partial charge in [0.1, 0.15) is 34.1 Å². The molecule has 0 fully saturated rings. The van der Waals surface area contributed by atoms with Gasteiger partial charge in [0.2, 0.25) is 0 Å². The largest absolute Gasteiger partial charge is 0.488 e. The number of hydrogen-bond donors (Lipinski definition) is 0. The zero-order valence-corrected chi connectivity index (χ0v) is 25.9. The average molecular weight is 515 g/mol. The number of hydrogen-bond acceptors (Lipinski definition) is 4. The molecule has 1 unspecified atom stereocenters. The van der Waals surface area contributed by atoms with Gasteiger partial charge in [-0.15, -0.1) is 0 Å². The predicted octanol–water partition coefficient (Wildman–Crippen LogP) is 8.28. The minimum atomic E-state index is -0.457. The van der Waals surface area contributed by atoms with Gasteiger partial charge in [0, 0.05) is 17.7 Å². The third-order valence-electron chi connectivity index (χ3n) is 5.16. The molecule has 36 heavy (non-hydrogen) atoms. The molecule has 0 radical (unpaired) electrons. The molecule has 0 aromatic heterocycles. The SMILES string of the molecule is Cc1cc(C(C)(C)C)cc(C)c1C(=O)Pc1c(OC(C)(C)C)cc(OC(C)(C)C)cc1OC(C)(C)C. The second-order valence-corrected chi connectivity index (χ2v) is 14.8. The van der Waals surface area contributed by atoms with Gasteiger partial charge in [-0.3, -0.25) is 4.79 Å². The Bertz CT molecular complexity index is 1040. The van der Waals surface area contributed by atoms with Gasteiger partial charge in [0.05, 0.1) is 5.30 Å². The summed E-state index contributed by atoms with van der Waals surface area (Å²) >= 11 is 0. The molecule has 0 spiro atoms. The van der Waals surface area contributed by atoms with Gasteiger partial charge in [-0.25, -0.2) is 0 Å². The second kappa shape index (κ2) is 10.4. The van der Waals surface area contributed by atoms with Gasteiger partial charge >= 0.3 is 0 Å². The summed E-state index contributed by atoms with van der Waals surface area (Å²) in [5.41, 5.74) is 2.80. The van der Waals surface area contributed by atoms with E-state index in [1.165, 1.54) is 5.56 Å². The third kappa shape index (κ3) is 8.80. The van der Waals surface area contributed by atoms with E-state index >= 15 is 0 Å². The van der Waals surface area contributed by atoms with E-state index in [4.69, 9.17) is 14.2 Å². The lowest BCUT2D eigenvalue weighted by molar-refractivity contribution is 0.107. The fourth-order valence-electron chi connectivity index (χ4n) is 3.85. The molecule has 200 valence electrons. The quantitative estimate of drug-likeness (QED) is 0.364. The van der Waals surface area contributed by atoms with E-state index in [9.17, 15) is 4.79 Å². The Labute approximate surface area is 221 Å². The van der Waals surface area contributed by atoms with Crippen molar-refractivity contribution in [2.45, 2.75) is 119 Å². The van der Waals surface area contributed by atoms with Crippen LogP contribution >= 0.6 is 8.58 Å². The smallest absolute Gasteiger partial charge is 0.186 e. The van der Waals surface area contributed by atoms with Crippen molar-refractivity contribution in [1.82, 2.24) is 0 Å². The molecule has 0 N–H and O–H groups in total. The maximum Gasteiger partial charge on any atom is 0.186 e. The van der Waals surface area contributed by atoms with Crippen molar-refractivity contribution in [3.8, 4) is 17.2 Å². The molecular weight excluding hydrogens is 467 g/mol. The first-order valence-electron chi connectivity index (χ1n) is 12.7. The third-order valence-corrected chi connectivity index (χ3v) is 6.38. The molecule has 2 rings (SSSR count). The number of benzene rings is 2. The lowest BCUT2D eigenvalue weighted by Crippen LogP contribution is -2.29. The van der Waals surface area contributed by atoms with Crippen LogP contribution in [0.15, 0.2) is 24.3 Å². The second-order valence-electron chi connectivity index (χ2n) is 13.6. The standard InChI is InChI=1S/C31H47O4P/c1-19-15-21(28(3,4)5)16-20(2)25(19)27(32)36-26-23(34-30(9,10)11)17-22(33-29(6,7)8)18-24(26)35-31(12,13)14/h15-18,36H,1-14H3. The molecule has 0 aliphatic heterocycles. The van der Waals surface area contributed by atoms with Gasteiger partial charge in [-0.2, -0.15) is 0 Å². The van der Waals surface area contributed by atoms with Crippen LogP contribution in [0, 0.1) is 13.8 Å². The zero-order valence-electron chi connectivity index (χ0n) is 24.9. The monoisotopic (exact) mass is 514 g/mol. The van der Waals surface area contributed by atoms with Crippen molar-refractivity contribution in [3.05, 3.63) is 46.5 Å². The van der Waals surface area contributed by atoms with Crippen LogP contribution in [0.3, 0.4) is 0 Å². The Morgan fingerprint density at radius 3 is 1.36 bits per heavy atom. The molecule has 0 saturated carbocycles. The number of carbonyl (C=O) groups excluding carboxylic acids is 1. The summed E-state index contributed by atoms with van der Waals surface area (Å²) in [7, 11) is -0.159. The van der Waals surface area contributed by atoms with Crippen molar-refractivity contribution < 1.29 is 19.0 Å². The van der Waals surface area contributed by atoms with E-state index in [2.05, 4.69) is 32.9 Å². The van der Waals surface area contributed by atoms with Crippen molar-refractivity contribution in [2.75, 3.05) is 0 Å². The Morgan fingerprint density at radius 2 is 1.03 bits per heavy atom. The molecule has 0 aliphatic rings. The van der Waals surface area contributed by atoms with Crippen LogP contribution in [0.1, 0.15) is 110 Å². The molecule has 0 bridgehead atoms. The highest BCUT2D eigenvalue weighted by Crippen LogP contribution is 2.39. The lowest BCUT2D eigenvalue weighted by Gasteiger charge is -2.29. The Hall–Kier alpha value is -2.06. The van der Waals surface area contributed by atoms with Gasteiger partial charge < -0.3 is 14.2 Å².